The van der Waals surface area contributed by atoms with E-state index in [1.165, 1.54) is 19.2 Å². The van der Waals surface area contributed by atoms with Crippen molar-refractivity contribution in [2.75, 3.05) is 19.5 Å². The third kappa shape index (κ3) is 2.94. The van der Waals surface area contributed by atoms with E-state index in [1.807, 2.05) is 0 Å². The molecule has 1 N–H and O–H groups in total. The molecule has 0 atom stereocenters. The third-order valence-electron chi connectivity index (χ3n) is 2.58. The number of aromatic nitrogens is 1. The van der Waals surface area contributed by atoms with Gasteiger partial charge in [-0.2, -0.15) is 0 Å². The molecule has 0 aliphatic rings. The number of hydrogen-bond acceptors (Lipinski definition) is 6. The van der Waals surface area contributed by atoms with Gasteiger partial charge in [0, 0.05) is 19.3 Å². The first kappa shape index (κ1) is 13.6. The van der Waals surface area contributed by atoms with Crippen LogP contribution < -0.4 is 14.8 Å². The van der Waals surface area contributed by atoms with E-state index in [4.69, 9.17) is 9.47 Å². The molecule has 2 rings (SSSR count). The van der Waals surface area contributed by atoms with E-state index >= 15 is 0 Å². The van der Waals surface area contributed by atoms with Crippen LogP contribution in [-0.4, -0.2) is 24.1 Å². The van der Waals surface area contributed by atoms with Gasteiger partial charge in [0.15, 0.2) is 0 Å². The minimum Gasteiger partial charge on any atom is -0.496 e. The molecule has 1 aromatic heterocycles. The minimum atomic E-state index is -0.516. The number of ether oxygens (including phenoxy) is 2. The van der Waals surface area contributed by atoms with E-state index < -0.39 is 4.92 Å². The Labute approximate surface area is 115 Å². The van der Waals surface area contributed by atoms with Crippen LogP contribution in [0.25, 0.3) is 0 Å². The number of nitrogens with zero attached hydrogens (tertiary/aromatic N) is 2. The first-order valence-electron chi connectivity index (χ1n) is 5.78. The summed E-state index contributed by atoms with van der Waals surface area (Å²) in [6.07, 6.45) is 1.55. The molecule has 1 aromatic carbocycles. The number of nitrogens with one attached hydrogen (secondary N) is 1. The Hall–Kier alpha value is -2.83. The van der Waals surface area contributed by atoms with Gasteiger partial charge in [0.2, 0.25) is 5.75 Å². The van der Waals surface area contributed by atoms with Crippen molar-refractivity contribution < 1.29 is 14.4 Å². The zero-order valence-electron chi connectivity index (χ0n) is 11.0. The highest BCUT2D eigenvalue weighted by Crippen LogP contribution is 2.34. The Bertz CT molecular complexity index is 631. The van der Waals surface area contributed by atoms with Crippen LogP contribution in [0.1, 0.15) is 0 Å². The van der Waals surface area contributed by atoms with E-state index in [0.29, 0.717) is 17.3 Å². The normalized spacial score (nSPS) is 9.90. The van der Waals surface area contributed by atoms with Gasteiger partial charge in [0.1, 0.15) is 17.3 Å². The number of pyridine rings is 1. The SMILES string of the molecule is CNc1cc(Oc2ccc(OC)cc2[N+](=O)[O-])ccn1. The van der Waals surface area contributed by atoms with Crippen molar-refractivity contribution in [1.82, 2.24) is 4.98 Å². The van der Waals surface area contributed by atoms with Gasteiger partial charge in [-0.15, -0.1) is 0 Å². The van der Waals surface area contributed by atoms with Crippen molar-refractivity contribution in [3.8, 4) is 17.2 Å². The highest BCUT2D eigenvalue weighted by molar-refractivity contribution is 5.53. The van der Waals surface area contributed by atoms with Crippen LogP contribution >= 0.6 is 0 Å². The molecule has 0 radical (unpaired) electrons. The van der Waals surface area contributed by atoms with Gasteiger partial charge in [-0.3, -0.25) is 10.1 Å². The van der Waals surface area contributed by atoms with Gasteiger partial charge < -0.3 is 14.8 Å². The van der Waals surface area contributed by atoms with Gasteiger partial charge in [-0.25, -0.2) is 4.98 Å². The van der Waals surface area contributed by atoms with Crippen LogP contribution in [0.5, 0.6) is 17.2 Å². The average Bonchev–Trinajstić information content (AvgIpc) is 2.47. The van der Waals surface area contributed by atoms with Crippen LogP contribution in [-0.2, 0) is 0 Å². The number of anilines is 1. The number of nitro benzene ring substituents is 1. The number of rotatable bonds is 5. The van der Waals surface area contributed by atoms with Crippen molar-refractivity contribution in [1.29, 1.82) is 0 Å². The predicted molar refractivity (Wildman–Crippen MR) is 73.5 cm³/mol. The van der Waals surface area contributed by atoms with Gasteiger partial charge in [0.05, 0.1) is 18.1 Å². The van der Waals surface area contributed by atoms with Gasteiger partial charge in [-0.05, 0) is 18.2 Å². The van der Waals surface area contributed by atoms with Crippen molar-refractivity contribution >= 4 is 11.5 Å². The zero-order valence-corrected chi connectivity index (χ0v) is 11.0. The smallest absolute Gasteiger partial charge is 0.315 e. The van der Waals surface area contributed by atoms with E-state index in [2.05, 4.69) is 10.3 Å². The van der Waals surface area contributed by atoms with E-state index in [-0.39, 0.29) is 11.4 Å². The van der Waals surface area contributed by atoms with E-state index in [9.17, 15) is 10.1 Å². The number of hydrogen-bond donors (Lipinski definition) is 1. The first-order chi connectivity index (χ1) is 9.63. The Balaban J connectivity index is 2.34. The molecular weight excluding hydrogens is 262 g/mol. The summed E-state index contributed by atoms with van der Waals surface area (Å²) in [4.78, 5) is 14.6. The number of methoxy groups -OCH3 is 1. The Morgan fingerprint density at radius 3 is 2.70 bits per heavy atom. The maximum Gasteiger partial charge on any atom is 0.315 e. The summed E-state index contributed by atoms with van der Waals surface area (Å²) >= 11 is 0. The van der Waals surface area contributed by atoms with Crippen LogP contribution in [0.2, 0.25) is 0 Å². The highest BCUT2D eigenvalue weighted by atomic mass is 16.6. The van der Waals surface area contributed by atoms with Gasteiger partial charge in [0.25, 0.3) is 0 Å². The molecule has 2 aromatic rings. The van der Waals surface area contributed by atoms with E-state index in [0.717, 1.165) is 0 Å². The standard InChI is InChI=1S/C13H13N3O4/c1-14-13-8-10(5-6-15-13)20-12-4-3-9(19-2)7-11(12)16(17)18/h3-8H,1-2H3,(H,14,15). The Morgan fingerprint density at radius 2 is 2.05 bits per heavy atom. The number of benzene rings is 1. The molecule has 0 unspecified atom stereocenters. The summed E-state index contributed by atoms with van der Waals surface area (Å²) in [5.41, 5.74) is -0.160. The summed E-state index contributed by atoms with van der Waals surface area (Å²) in [6.45, 7) is 0. The topological polar surface area (TPSA) is 86.5 Å². The molecule has 1 heterocycles. The quantitative estimate of drug-likeness (QED) is 0.667. The number of nitro groups is 1. The van der Waals surface area contributed by atoms with Gasteiger partial charge >= 0.3 is 5.69 Å². The lowest BCUT2D eigenvalue weighted by atomic mass is 10.2. The van der Waals surface area contributed by atoms with Crippen molar-refractivity contribution in [2.24, 2.45) is 0 Å². The van der Waals surface area contributed by atoms with Crippen molar-refractivity contribution in [3.05, 3.63) is 46.6 Å². The molecule has 104 valence electrons. The summed E-state index contributed by atoms with van der Waals surface area (Å²) in [6, 6.07) is 7.68. The van der Waals surface area contributed by atoms with Crippen LogP contribution in [0, 0.1) is 10.1 Å². The molecule has 0 aliphatic carbocycles. The van der Waals surface area contributed by atoms with Crippen LogP contribution in [0.3, 0.4) is 0 Å². The fourth-order valence-electron chi connectivity index (χ4n) is 1.59. The molecule has 0 bridgehead atoms. The molecule has 0 amide bonds. The summed E-state index contributed by atoms with van der Waals surface area (Å²) in [5, 5.41) is 13.9. The fourth-order valence-corrected chi connectivity index (χ4v) is 1.59. The maximum atomic E-state index is 11.0. The Morgan fingerprint density at radius 1 is 1.25 bits per heavy atom. The summed E-state index contributed by atoms with van der Waals surface area (Å²) in [7, 11) is 3.17. The van der Waals surface area contributed by atoms with Crippen molar-refractivity contribution in [2.45, 2.75) is 0 Å². The monoisotopic (exact) mass is 275 g/mol. The summed E-state index contributed by atoms with van der Waals surface area (Å²) < 4.78 is 10.5. The second-order valence-corrected chi connectivity index (χ2v) is 3.82. The lowest BCUT2D eigenvalue weighted by Crippen LogP contribution is -1.96. The summed E-state index contributed by atoms with van der Waals surface area (Å²) in [5.74, 6) is 1.61. The molecule has 0 aliphatic heterocycles. The largest absolute Gasteiger partial charge is 0.496 e. The van der Waals surface area contributed by atoms with Crippen LogP contribution in [0.4, 0.5) is 11.5 Å². The molecular formula is C13H13N3O4. The first-order valence-corrected chi connectivity index (χ1v) is 5.78. The second kappa shape index (κ2) is 5.87. The second-order valence-electron chi connectivity index (χ2n) is 3.82. The lowest BCUT2D eigenvalue weighted by molar-refractivity contribution is -0.385. The molecule has 0 fully saturated rings. The average molecular weight is 275 g/mol. The Kier molecular flexibility index (Phi) is 3.99. The molecule has 0 saturated heterocycles. The molecule has 0 spiro atoms. The molecule has 7 heteroatoms. The zero-order chi connectivity index (χ0) is 14.5. The minimum absolute atomic E-state index is 0.143. The lowest BCUT2D eigenvalue weighted by Gasteiger charge is -2.08. The molecule has 20 heavy (non-hydrogen) atoms. The van der Waals surface area contributed by atoms with E-state index in [1.54, 1.807) is 31.4 Å². The fraction of sp³-hybridized carbons (Fsp3) is 0.154. The molecule has 7 nitrogen and oxygen atoms in total. The van der Waals surface area contributed by atoms with Crippen molar-refractivity contribution in [3.63, 3.8) is 0 Å². The van der Waals surface area contributed by atoms with Crippen LogP contribution in [0.15, 0.2) is 36.5 Å². The molecule has 0 saturated carbocycles. The predicted octanol–water partition coefficient (Wildman–Crippen LogP) is 2.83. The maximum absolute atomic E-state index is 11.0. The third-order valence-corrected chi connectivity index (χ3v) is 2.58. The highest BCUT2D eigenvalue weighted by Gasteiger charge is 2.17. The van der Waals surface area contributed by atoms with Gasteiger partial charge in [-0.1, -0.05) is 0 Å².